The second-order valence-corrected chi connectivity index (χ2v) is 7.11. The Hall–Kier alpha value is -0.160. The van der Waals surface area contributed by atoms with Gasteiger partial charge in [0.1, 0.15) is 9.34 Å². The van der Waals surface area contributed by atoms with Crippen LogP contribution >= 0.6 is 22.9 Å². The van der Waals surface area contributed by atoms with Crippen LogP contribution in [0.2, 0.25) is 4.34 Å². The molecule has 1 aliphatic carbocycles. The minimum absolute atomic E-state index is 0.772. The van der Waals surface area contributed by atoms with Gasteiger partial charge in [0, 0.05) is 12.6 Å². The van der Waals surface area contributed by atoms with Gasteiger partial charge in [-0.15, -0.1) is 11.3 Å². The molecule has 5 heteroatoms. The molecule has 0 bridgehead atoms. The van der Waals surface area contributed by atoms with Gasteiger partial charge < -0.3 is 10.2 Å². The van der Waals surface area contributed by atoms with Crippen molar-refractivity contribution in [2.75, 3.05) is 20.1 Å². The molecule has 0 aromatic carbocycles. The lowest BCUT2D eigenvalue weighted by molar-refractivity contribution is 0.189. The van der Waals surface area contributed by atoms with Crippen molar-refractivity contribution in [1.82, 2.24) is 15.2 Å². The third-order valence-corrected chi connectivity index (χ3v) is 4.98. The summed E-state index contributed by atoms with van der Waals surface area (Å²) >= 11 is 7.41. The standard InChI is InChI=1S/C14H24ClN3S/c1-18(12-6-3-2-4-7-12)9-5-8-16-11-14-17-10-13(15)19-14/h10,12,16H,2-9,11H2,1H3. The summed E-state index contributed by atoms with van der Waals surface area (Å²) in [5.41, 5.74) is 0. The molecule has 0 saturated heterocycles. The van der Waals surface area contributed by atoms with E-state index in [9.17, 15) is 0 Å². The largest absolute Gasteiger partial charge is 0.310 e. The van der Waals surface area contributed by atoms with E-state index in [1.807, 2.05) is 0 Å². The first-order valence-corrected chi connectivity index (χ1v) is 8.46. The van der Waals surface area contributed by atoms with Crippen LogP contribution < -0.4 is 5.32 Å². The van der Waals surface area contributed by atoms with Gasteiger partial charge in [-0.1, -0.05) is 30.9 Å². The van der Waals surface area contributed by atoms with Crippen LogP contribution in [0.25, 0.3) is 0 Å². The Labute approximate surface area is 125 Å². The molecule has 108 valence electrons. The van der Waals surface area contributed by atoms with Gasteiger partial charge in [0.05, 0.1) is 6.20 Å². The molecule has 0 amide bonds. The first kappa shape index (κ1) is 15.2. The molecule has 1 saturated carbocycles. The lowest BCUT2D eigenvalue weighted by Gasteiger charge is -2.31. The highest BCUT2D eigenvalue weighted by molar-refractivity contribution is 7.15. The quantitative estimate of drug-likeness (QED) is 0.781. The van der Waals surface area contributed by atoms with Crippen molar-refractivity contribution in [3.8, 4) is 0 Å². The molecule has 0 aliphatic heterocycles. The molecule has 1 aromatic rings. The molecule has 0 atom stereocenters. The van der Waals surface area contributed by atoms with Crippen molar-refractivity contribution in [2.24, 2.45) is 0 Å². The van der Waals surface area contributed by atoms with E-state index in [0.717, 1.165) is 28.5 Å². The van der Waals surface area contributed by atoms with Crippen LogP contribution in [0.3, 0.4) is 0 Å². The van der Waals surface area contributed by atoms with Crippen molar-refractivity contribution < 1.29 is 0 Å². The minimum Gasteiger partial charge on any atom is -0.310 e. The van der Waals surface area contributed by atoms with Crippen LogP contribution in [0, 0.1) is 0 Å². The predicted octanol–water partition coefficient (Wildman–Crippen LogP) is 3.54. The minimum atomic E-state index is 0.772. The molecular formula is C14H24ClN3S. The van der Waals surface area contributed by atoms with Gasteiger partial charge in [-0.2, -0.15) is 0 Å². The van der Waals surface area contributed by atoms with Gasteiger partial charge in [-0.05, 0) is 39.4 Å². The number of halogens is 1. The Morgan fingerprint density at radius 3 is 2.89 bits per heavy atom. The molecule has 1 N–H and O–H groups in total. The SMILES string of the molecule is CN(CCCNCc1ncc(Cl)s1)C1CCCCC1. The Morgan fingerprint density at radius 1 is 1.42 bits per heavy atom. The topological polar surface area (TPSA) is 28.2 Å². The van der Waals surface area contributed by atoms with Gasteiger partial charge in [0.25, 0.3) is 0 Å². The number of thiazole rings is 1. The summed E-state index contributed by atoms with van der Waals surface area (Å²) in [6, 6.07) is 0.825. The van der Waals surface area contributed by atoms with Crippen LogP contribution in [0.4, 0.5) is 0 Å². The summed E-state index contributed by atoms with van der Waals surface area (Å²) in [7, 11) is 2.27. The van der Waals surface area contributed by atoms with E-state index in [4.69, 9.17) is 11.6 Å². The smallest absolute Gasteiger partial charge is 0.113 e. The van der Waals surface area contributed by atoms with E-state index in [2.05, 4.69) is 22.2 Å². The van der Waals surface area contributed by atoms with Crippen LogP contribution in [0.1, 0.15) is 43.5 Å². The molecule has 0 unspecified atom stereocenters. The van der Waals surface area contributed by atoms with Gasteiger partial charge >= 0.3 is 0 Å². The average molecular weight is 302 g/mol. The Bertz CT molecular complexity index is 363. The molecule has 2 rings (SSSR count). The van der Waals surface area contributed by atoms with E-state index in [1.165, 1.54) is 45.1 Å². The normalized spacial score (nSPS) is 17.2. The maximum atomic E-state index is 5.85. The monoisotopic (exact) mass is 301 g/mol. The predicted molar refractivity (Wildman–Crippen MR) is 83.0 cm³/mol. The first-order valence-electron chi connectivity index (χ1n) is 7.27. The summed E-state index contributed by atoms with van der Waals surface area (Å²) in [4.78, 5) is 6.78. The van der Waals surface area contributed by atoms with E-state index in [0.29, 0.717) is 0 Å². The molecule has 3 nitrogen and oxygen atoms in total. The summed E-state index contributed by atoms with van der Waals surface area (Å²) in [5, 5.41) is 4.51. The van der Waals surface area contributed by atoms with Gasteiger partial charge in [0.15, 0.2) is 0 Å². The molecular weight excluding hydrogens is 278 g/mol. The Balaban J connectivity index is 1.53. The summed E-state index contributed by atoms with van der Waals surface area (Å²) in [6.45, 7) is 3.08. The number of hydrogen-bond acceptors (Lipinski definition) is 4. The second-order valence-electron chi connectivity index (χ2n) is 5.36. The van der Waals surface area contributed by atoms with Crippen LogP contribution in [-0.4, -0.2) is 36.1 Å². The summed E-state index contributed by atoms with van der Waals surface area (Å²) in [6.07, 6.45) is 9.97. The lowest BCUT2D eigenvalue weighted by atomic mass is 9.94. The van der Waals surface area contributed by atoms with E-state index in [1.54, 1.807) is 17.5 Å². The Morgan fingerprint density at radius 2 is 2.21 bits per heavy atom. The van der Waals surface area contributed by atoms with Gasteiger partial charge in [0.2, 0.25) is 0 Å². The number of rotatable bonds is 7. The van der Waals surface area contributed by atoms with Crippen molar-refractivity contribution >= 4 is 22.9 Å². The molecule has 1 aliphatic rings. The zero-order chi connectivity index (χ0) is 13.5. The van der Waals surface area contributed by atoms with E-state index < -0.39 is 0 Å². The fourth-order valence-corrected chi connectivity index (χ4v) is 3.65. The summed E-state index contributed by atoms with van der Waals surface area (Å²) in [5.74, 6) is 0. The maximum Gasteiger partial charge on any atom is 0.113 e. The van der Waals surface area contributed by atoms with Crippen molar-refractivity contribution in [1.29, 1.82) is 0 Å². The number of hydrogen-bond donors (Lipinski definition) is 1. The van der Waals surface area contributed by atoms with Crippen molar-refractivity contribution in [3.05, 3.63) is 15.5 Å². The lowest BCUT2D eigenvalue weighted by Crippen LogP contribution is -2.35. The zero-order valence-electron chi connectivity index (χ0n) is 11.7. The number of nitrogens with one attached hydrogen (secondary N) is 1. The molecule has 1 fully saturated rings. The Kier molecular flexibility index (Phi) is 6.57. The third-order valence-electron chi connectivity index (χ3n) is 3.86. The third kappa shape index (κ3) is 5.38. The molecule has 0 spiro atoms. The molecule has 1 aromatic heterocycles. The van der Waals surface area contributed by atoms with E-state index in [-0.39, 0.29) is 0 Å². The highest BCUT2D eigenvalue weighted by Gasteiger charge is 2.17. The summed E-state index contributed by atoms with van der Waals surface area (Å²) < 4.78 is 0.772. The number of aromatic nitrogens is 1. The zero-order valence-corrected chi connectivity index (χ0v) is 13.3. The van der Waals surface area contributed by atoms with Crippen LogP contribution in [0.15, 0.2) is 6.20 Å². The molecule has 19 heavy (non-hydrogen) atoms. The highest BCUT2D eigenvalue weighted by Crippen LogP contribution is 2.21. The molecule has 0 radical (unpaired) electrons. The van der Waals surface area contributed by atoms with Crippen molar-refractivity contribution in [2.45, 2.75) is 51.1 Å². The van der Waals surface area contributed by atoms with Crippen LogP contribution in [0.5, 0.6) is 0 Å². The highest BCUT2D eigenvalue weighted by atomic mass is 35.5. The fourth-order valence-electron chi connectivity index (χ4n) is 2.72. The van der Waals surface area contributed by atoms with Crippen molar-refractivity contribution in [3.63, 3.8) is 0 Å². The fraction of sp³-hybridized carbons (Fsp3) is 0.786. The second kappa shape index (κ2) is 8.20. The van der Waals surface area contributed by atoms with Gasteiger partial charge in [-0.25, -0.2) is 4.98 Å². The van der Waals surface area contributed by atoms with Crippen LogP contribution in [-0.2, 0) is 6.54 Å². The average Bonchev–Trinajstić information content (AvgIpc) is 2.85. The van der Waals surface area contributed by atoms with Gasteiger partial charge in [-0.3, -0.25) is 0 Å². The number of nitrogens with zero attached hydrogens (tertiary/aromatic N) is 2. The first-order chi connectivity index (χ1) is 9.25. The van der Waals surface area contributed by atoms with E-state index >= 15 is 0 Å². The maximum absolute atomic E-state index is 5.85. The molecule has 1 heterocycles.